The minimum absolute atomic E-state index is 0.236. The molecule has 2 aromatic rings. The van der Waals surface area contributed by atoms with Crippen molar-refractivity contribution in [3.63, 3.8) is 0 Å². The van der Waals surface area contributed by atoms with E-state index in [4.69, 9.17) is 23.2 Å². The summed E-state index contributed by atoms with van der Waals surface area (Å²) in [6.45, 7) is 2.48. The van der Waals surface area contributed by atoms with Crippen LogP contribution in [0.4, 0.5) is 8.78 Å². The van der Waals surface area contributed by atoms with E-state index in [9.17, 15) is 8.78 Å². The van der Waals surface area contributed by atoms with Crippen molar-refractivity contribution in [1.82, 2.24) is 5.32 Å². The van der Waals surface area contributed by atoms with Crippen LogP contribution in [0.3, 0.4) is 0 Å². The molecule has 2 aromatic carbocycles. The maximum atomic E-state index is 14.3. The lowest BCUT2D eigenvalue weighted by atomic mass is 9.98. The van der Waals surface area contributed by atoms with Crippen LogP contribution in [0.2, 0.25) is 10.0 Å². The van der Waals surface area contributed by atoms with E-state index in [1.165, 1.54) is 24.3 Å². The summed E-state index contributed by atoms with van der Waals surface area (Å²) in [7, 11) is 0. The molecule has 0 heterocycles. The monoisotopic (exact) mass is 393 g/mol. The van der Waals surface area contributed by atoms with Gasteiger partial charge in [-0.25, -0.2) is 8.78 Å². The molecular weight excluding hydrogens is 383 g/mol. The highest BCUT2D eigenvalue weighted by molar-refractivity contribution is 9.10. The Balaban J connectivity index is 2.55. The van der Waals surface area contributed by atoms with E-state index in [0.717, 1.165) is 0 Å². The van der Waals surface area contributed by atoms with E-state index >= 15 is 0 Å². The van der Waals surface area contributed by atoms with Crippen LogP contribution in [0.15, 0.2) is 34.8 Å². The van der Waals surface area contributed by atoms with Crippen molar-refractivity contribution < 1.29 is 8.78 Å². The van der Waals surface area contributed by atoms with Crippen LogP contribution in [-0.4, -0.2) is 6.54 Å². The van der Waals surface area contributed by atoms with Gasteiger partial charge in [0.05, 0.1) is 11.1 Å². The van der Waals surface area contributed by atoms with Crippen molar-refractivity contribution in [3.05, 3.63) is 67.6 Å². The maximum Gasteiger partial charge on any atom is 0.129 e. The van der Waals surface area contributed by atoms with Crippen LogP contribution < -0.4 is 5.32 Å². The fraction of sp³-hybridized carbons (Fsp3) is 0.200. The molecule has 1 nitrogen and oxygen atoms in total. The van der Waals surface area contributed by atoms with Gasteiger partial charge >= 0.3 is 0 Å². The number of halogens is 5. The molecule has 0 saturated heterocycles. The van der Waals surface area contributed by atoms with Gasteiger partial charge in [0, 0.05) is 15.1 Å². The predicted molar refractivity (Wildman–Crippen MR) is 86.0 cm³/mol. The number of rotatable bonds is 4. The average molecular weight is 395 g/mol. The number of nitrogens with one attached hydrogen (secondary N) is 1. The predicted octanol–water partition coefficient (Wildman–Crippen LogP) is 5.73. The van der Waals surface area contributed by atoms with Crippen LogP contribution in [0.25, 0.3) is 0 Å². The third-order valence-electron chi connectivity index (χ3n) is 3.03. The first-order valence-corrected chi connectivity index (χ1v) is 7.81. The highest BCUT2D eigenvalue weighted by Crippen LogP contribution is 2.34. The van der Waals surface area contributed by atoms with Gasteiger partial charge in [-0.1, -0.05) is 36.2 Å². The van der Waals surface area contributed by atoms with Crippen molar-refractivity contribution in [2.45, 2.75) is 13.0 Å². The molecule has 0 saturated carbocycles. The Morgan fingerprint density at radius 2 is 1.81 bits per heavy atom. The molecule has 0 radical (unpaired) electrons. The molecular formula is C15H12BrCl2F2N. The van der Waals surface area contributed by atoms with Crippen molar-refractivity contribution in [2.75, 3.05) is 6.54 Å². The first kappa shape index (κ1) is 16.7. The Labute approximate surface area is 140 Å². The molecule has 1 N–H and O–H groups in total. The molecule has 0 aliphatic heterocycles. The molecule has 2 rings (SSSR count). The van der Waals surface area contributed by atoms with Crippen LogP contribution in [-0.2, 0) is 0 Å². The summed E-state index contributed by atoms with van der Waals surface area (Å²) in [5.74, 6) is -0.856. The van der Waals surface area contributed by atoms with Crippen LogP contribution in [0, 0.1) is 11.6 Å². The standard InChI is InChI=1S/C15H12BrCl2F2N/c1-2-21-15(9-4-3-8(19)5-12(9)17)10-6-13(18)11(16)7-14(10)20/h3-7,15,21H,2H2,1H3. The van der Waals surface area contributed by atoms with Gasteiger partial charge in [0.25, 0.3) is 0 Å². The largest absolute Gasteiger partial charge is 0.306 e. The zero-order valence-corrected chi connectivity index (χ0v) is 14.2. The summed E-state index contributed by atoms with van der Waals surface area (Å²) in [5.41, 5.74) is 0.954. The number of hydrogen-bond acceptors (Lipinski definition) is 1. The summed E-state index contributed by atoms with van der Waals surface area (Å²) < 4.78 is 27.9. The van der Waals surface area contributed by atoms with Crippen LogP contribution in [0.1, 0.15) is 24.1 Å². The third-order valence-corrected chi connectivity index (χ3v) is 4.56. The van der Waals surface area contributed by atoms with Gasteiger partial charge in [-0.2, -0.15) is 0 Å². The summed E-state index contributed by atoms with van der Waals surface area (Å²) in [6.07, 6.45) is 0. The Morgan fingerprint density at radius 1 is 1.10 bits per heavy atom. The van der Waals surface area contributed by atoms with Gasteiger partial charge in [0.15, 0.2) is 0 Å². The van der Waals surface area contributed by atoms with Gasteiger partial charge in [0.2, 0.25) is 0 Å². The minimum atomic E-state index is -0.506. The van der Waals surface area contributed by atoms with Crippen molar-refractivity contribution >= 4 is 39.1 Å². The molecule has 1 atom stereocenters. The van der Waals surface area contributed by atoms with E-state index in [2.05, 4.69) is 21.2 Å². The SMILES string of the molecule is CCNC(c1cc(Cl)c(Br)cc1F)c1ccc(F)cc1Cl. The quantitative estimate of drug-likeness (QED) is 0.652. The molecule has 0 aliphatic carbocycles. The van der Waals surface area contributed by atoms with E-state index < -0.39 is 17.7 Å². The Morgan fingerprint density at radius 3 is 2.43 bits per heavy atom. The fourth-order valence-corrected chi connectivity index (χ4v) is 2.85. The summed E-state index contributed by atoms with van der Waals surface area (Å²) in [4.78, 5) is 0. The first-order valence-electron chi connectivity index (χ1n) is 6.26. The number of benzene rings is 2. The van der Waals surface area contributed by atoms with Gasteiger partial charge < -0.3 is 5.32 Å². The summed E-state index contributed by atoms with van der Waals surface area (Å²) >= 11 is 15.3. The van der Waals surface area contributed by atoms with Crippen molar-refractivity contribution in [2.24, 2.45) is 0 Å². The molecule has 0 bridgehead atoms. The third kappa shape index (κ3) is 3.75. The Hall–Kier alpha value is -0.680. The van der Waals surface area contributed by atoms with E-state index in [1.54, 1.807) is 6.07 Å². The summed E-state index contributed by atoms with van der Waals surface area (Å²) in [6, 6.07) is 6.38. The Kier molecular flexibility index (Phi) is 5.60. The molecule has 0 fully saturated rings. The molecule has 21 heavy (non-hydrogen) atoms. The van der Waals surface area contributed by atoms with Crippen molar-refractivity contribution in [3.8, 4) is 0 Å². The summed E-state index contributed by atoms with van der Waals surface area (Å²) in [5, 5.41) is 3.77. The second kappa shape index (κ2) is 7.05. The molecule has 6 heteroatoms. The fourth-order valence-electron chi connectivity index (χ4n) is 2.09. The topological polar surface area (TPSA) is 12.0 Å². The van der Waals surface area contributed by atoms with Gasteiger partial charge in [-0.05, 0) is 52.3 Å². The van der Waals surface area contributed by atoms with E-state index in [1.807, 2.05) is 6.92 Å². The van der Waals surface area contributed by atoms with E-state index in [-0.39, 0.29) is 5.02 Å². The molecule has 1 unspecified atom stereocenters. The highest BCUT2D eigenvalue weighted by Gasteiger charge is 2.21. The van der Waals surface area contributed by atoms with Crippen LogP contribution in [0.5, 0.6) is 0 Å². The smallest absolute Gasteiger partial charge is 0.129 e. The molecule has 0 aliphatic rings. The lowest BCUT2D eigenvalue weighted by molar-refractivity contribution is 0.557. The van der Waals surface area contributed by atoms with Gasteiger partial charge in [-0.3, -0.25) is 0 Å². The number of hydrogen-bond donors (Lipinski definition) is 1. The molecule has 0 aromatic heterocycles. The van der Waals surface area contributed by atoms with Gasteiger partial charge in [-0.15, -0.1) is 0 Å². The Bertz CT molecular complexity index is 664. The van der Waals surface area contributed by atoms with E-state index in [0.29, 0.717) is 27.2 Å². The average Bonchev–Trinajstić information content (AvgIpc) is 2.41. The molecule has 0 spiro atoms. The second-order valence-corrected chi connectivity index (χ2v) is 6.11. The zero-order chi connectivity index (χ0) is 15.6. The normalized spacial score (nSPS) is 12.5. The molecule has 112 valence electrons. The minimum Gasteiger partial charge on any atom is -0.306 e. The van der Waals surface area contributed by atoms with Crippen molar-refractivity contribution in [1.29, 1.82) is 0 Å². The second-order valence-electron chi connectivity index (χ2n) is 4.44. The lowest BCUT2D eigenvalue weighted by Gasteiger charge is -2.21. The lowest BCUT2D eigenvalue weighted by Crippen LogP contribution is -2.23. The zero-order valence-electron chi connectivity index (χ0n) is 11.1. The van der Waals surface area contributed by atoms with Gasteiger partial charge in [0.1, 0.15) is 11.6 Å². The first-order chi connectivity index (χ1) is 9.93. The van der Waals surface area contributed by atoms with Crippen LogP contribution >= 0.6 is 39.1 Å². The molecule has 0 amide bonds. The maximum absolute atomic E-state index is 14.3. The highest BCUT2D eigenvalue weighted by atomic mass is 79.9.